The number of carbonyl (C=O) groups is 8. The Morgan fingerprint density at radius 3 is 1.28 bits per heavy atom. The summed E-state index contributed by atoms with van der Waals surface area (Å²) in [5, 5.41) is 117. The fourth-order valence-electron chi connectivity index (χ4n) is 11.1. The Morgan fingerprint density at radius 1 is 0.500 bits per heavy atom. The van der Waals surface area contributed by atoms with Gasteiger partial charge in [0.1, 0.15) is 105 Å². The van der Waals surface area contributed by atoms with E-state index >= 15 is 0 Å². The van der Waals surface area contributed by atoms with E-state index in [2.05, 4.69) is 28.6 Å². The summed E-state index contributed by atoms with van der Waals surface area (Å²) in [5.74, 6) is -9.10. The molecule has 6 fully saturated rings. The van der Waals surface area contributed by atoms with E-state index in [1.54, 1.807) is 6.92 Å². The van der Waals surface area contributed by atoms with E-state index < -0.39 is 258 Å². The smallest absolute Gasteiger partial charge is 0.335 e. The second kappa shape index (κ2) is 40.7. The van der Waals surface area contributed by atoms with E-state index in [4.69, 9.17) is 90.9 Å². The highest BCUT2D eigenvalue weighted by atomic mass is 32.2. The van der Waals surface area contributed by atoms with Crippen LogP contribution in [-0.4, -0.2) is 335 Å². The van der Waals surface area contributed by atoms with Gasteiger partial charge in [0.05, 0.1) is 76.2 Å². The lowest BCUT2D eigenvalue weighted by atomic mass is 9.94. The van der Waals surface area contributed by atoms with Crippen LogP contribution in [0.3, 0.4) is 0 Å². The Balaban J connectivity index is 1.18. The minimum atomic E-state index is -2.35. The van der Waals surface area contributed by atoms with Gasteiger partial charge in [-0.1, -0.05) is 20.8 Å². The molecule has 0 saturated carbocycles. The number of esters is 2. The molecule has 6 aliphatic heterocycles. The van der Waals surface area contributed by atoms with Crippen LogP contribution in [0.5, 0.6) is 0 Å². The van der Waals surface area contributed by atoms with Gasteiger partial charge in [0.15, 0.2) is 37.2 Å². The van der Waals surface area contributed by atoms with Crippen molar-refractivity contribution in [2.75, 3.05) is 70.6 Å². The molecule has 0 radical (unpaired) electrons. The summed E-state index contributed by atoms with van der Waals surface area (Å²) in [6.07, 6.45) is -45.5. The monoisotopic (exact) mass is 1490 g/mol. The predicted molar refractivity (Wildman–Crippen MR) is 327 cm³/mol. The molecule has 6 heterocycles. The molecule has 6 saturated heterocycles. The van der Waals surface area contributed by atoms with Crippen LogP contribution >= 0.6 is 24.4 Å². The molecule has 574 valence electrons. The minimum Gasteiger partial charge on any atom is -0.479 e. The molecule has 0 spiro atoms. The summed E-state index contributed by atoms with van der Waals surface area (Å²) in [4.78, 5) is 135. The fraction of sp³-hybridized carbons (Fsp3) is 0.862. The molecule has 40 nitrogen and oxygen atoms in total. The number of aliphatic carboxylic acids is 3. The van der Waals surface area contributed by atoms with Crippen molar-refractivity contribution < 1.29 is 180 Å². The van der Waals surface area contributed by atoms with Crippen molar-refractivity contribution in [3.8, 4) is 0 Å². The number of ether oxygens (including phenoxy) is 13. The van der Waals surface area contributed by atoms with Gasteiger partial charge in [0.2, 0.25) is 30.3 Å². The number of thiol groups is 1. The fourth-order valence-corrected chi connectivity index (χ4v) is 12.2. The lowest BCUT2D eigenvalue weighted by Gasteiger charge is -2.46. The molecule has 3 amide bonds. The molecule has 0 aliphatic carbocycles. The van der Waals surface area contributed by atoms with Crippen LogP contribution in [0.4, 0.5) is 0 Å². The zero-order valence-corrected chi connectivity index (χ0v) is 57.5. The maximum absolute atomic E-state index is 13.5. The van der Waals surface area contributed by atoms with Crippen molar-refractivity contribution in [1.82, 2.24) is 16.0 Å². The minimum absolute atomic E-state index is 0.128. The number of nitrogens with one attached hydrogen (secondary N) is 3. The van der Waals surface area contributed by atoms with Gasteiger partial charge in [-0.2, -0.15) is 24.4 Å². The number of carboxylic acids is 3. The molecule has 6 aliphatic rings. The Labute approximate surface area is 582 Å². The summed E-state index contributed by atoms with van der Waals surface area (Å²) in [6, 6.07) is -3.96. The van der Waals surface area contributed by atoms with Crippen molar-refractivity contribution in [3.05, 3.63) is 0 Å². The second-order valence-corrected chi connectivity index (χ2v) is 26.0. The Morgan fingerprint density at radius 2 is 0.890 bits per heavy atom. The number of hydrogen-bond donors (Lipinski definition) is 14. The number of carbonyl (C=O) groups excluding carboxylic acids is 5. The van der Waals surface area contributed by atoms with E-state index in [0.29, 0.717) is 37.9 Å². The Bertz CT molecular complexity index is 2630. The third kappa shape index (κ3) is 23.8. The van der Waals surface area contributed by atoms with Gasteiger partial charge >= 0.3 is 29.8 Å². The molecule has 6 rings (SSSR count). The molecule has 100 heavy (non-hydrogen) atoms. The SMILES string of the molecule is COO[C@H]1C[C@H](NC(C)=O)[C@H](O[C@H]2C(C(=O)O)OC(OO[C@H]3C[C@H](NC(C)=O)[C@H](O[C@H]4C(C(=O)O)OC(OO[C@H]5C[C@H](NC(C)=O)[C@H](O[C@H]6C(C(=O)O)OC(C)C(O)C6O)O[C@H]5COC(=O)C(C)CSCCOCCOCCS)C(O)C4O)O[C@H]3COC(=O)C(C)C)C(O)C2O)O[C@H]1CO. The number of rotatable bonds is 37. The molecular formula is C58H93N3O37S2. The zero-order chi connectivity index (χ0) is 73.8. The van der Waals surface area contributed by atoms with Crippen molar-refractivity contribution in [2.24, 2.45) is 11.8 Å². The molecule has 0 bridgehead atoms. The van der Waals surface area contributed by atoms with E-state index in [-0.39, 0.29) is 12.2 Å². The first-order valence-electron chi connectivity index (χ1n) is 32.0. The van der Waals surface area contributed by atoms with Gasteiger partial charge in [-0.15, -0.1) is 0 Å². The summed E-state index contributed by atoms with van der Waals surface area (Å²) >= 11 is 5.46. The van der Waals surface area contributed by atoms with Crippen LogP contribution in [-0.2, 0) is 129 Å². The van der Waals surface area contributed by atoms with Crippen LogP contribution in [0.1, 0.15) is 67.7 Å². The molecule has 0 aromatic rings. The second-order valence-electron chi connectivity index (χ2n) is 24.4. The van der Waals surface area contributed by atoms with Crippen molar-refractivity contribution in [3.63, 3.8) is 0 Å². The number of aliphatic hydroxyl groups is 7. The van der Waals surface area contributed by atoms with Gasteiger partial charge in [-0.25, -0.2) is 43.7 Å². The Kier molecular flexibility index (Phi) is 34.4. The third-order valence-electron chi connectivity index (χ3n) is 16.2. The van der Waals surface area contributed by atoms with Crippen molar-refractivity contribution >= 4 is 72.0 Å². The molecule has 28 atom stereocenters. The largest absolute Gasteiger partial charge is 0.479 e. The van der Waals surface area contributed by atoms with Crippen LogP contribution in [0.25, 0.3) is 0 Å². The topological polar surface area (TPSA) is 550 Å². The standard InChI is InChI=1S/C58H93N3O37S2/c1-22(2)52(78)83-19-35-32(95-97-57-41(70)39(68)44(47(92-57)50(74)75)90-54-28(59-25(5)63)15-31(94-80-8)34(18-62)86-54)16-30(61-27(7)65)56(87-35)91-45-40(69)42(71)58(93-48(45)51(76)77)98-96-33-17-29(60-26(6)64)55(89-43-38(67)37(66)24(4)85-46(43)49(72)73)88-36(33)20-84-53(79)23(3)21-100-14-12-82-10-9-81-11-13-99/h22-24,28-48,54-58,62,66-71,99H,9-21H2,1-8H3,(H,59,63)(H,60,64)(H,61,65)(H,72,73)(H,74,75)(H,76,77)/t23?,24?,28-,29-,30-,31-,32-,33-,34-,35-,36-,37?,38?,39?,40?,41?,42?,43+,44+,45+,46?,47?,48?,54-,55-,56-,57?,58?/m0/s1. The predicted octanol–water partition coefficient (Wildman–Crippen LogP) is -5.70. The van der Waals surface area contributed by atoms with Crippen molar-refractivity contribution in [2.45, 2.75) is 233 Å². The van der Waals surface area contributed by atoms with Gasteiger partial charge in [-0.05, 0) is 6.92 Å². The molecule has 13 unspecified atom stereocenters. The van der Waals surface area contributed by atoms with Gasteiger partial charge in [-0.3, -0.25) is 24.0 Å². The Hall–Kier alpha value is -4.50. The number of hydrogen-bond acceptors (Lipinski definition) is 36. The maximum Gasteiger partial charge on any atom is 0.335 e. The van der Waals surface area contributed by atoms with E-state index in [0.717, 1.165) is 20.8 Å². The number of amides is 3. The first-order valence-corrected chi connectivity index (χ1v) is 33.8. The maximum atomic E-state index is 13.5. The van der Waals surface area contributed by atoms with Crippen LogP contribution in [0, 0.1) is 11.8 Å². The lowest BCUT2D eigenvalue weighted by molar-refractivity contribution is -0.461. The quantitative estimate of drug-likeness (QED) is 0.00906. The molecule has 0 aromatic carbocycles. The summed E-state index contributed by atoms with van der Waals surface area (Å²) in [6.45, 7) is 8.53. The summed E-state index contributed by atoms with van der Waals surface area (Å²) in [5.41, 5.74) is 0. The van der Waals surface area contributed by atoms with Crippen LogP contribution in [0.15, 0.2) is 0 Å². The summed E-state index contributed by atoms with van der Waals surface area (Å²) < 4.78 is 74.6. The first-order chi connectivity index (χ1) is 47.4. The highest BCUT2D eigenvalue weighted by Gasteiger charge is 2.57. The third-order valence-corrected chi connectivity index (χ3v) is 17.6. The zero-order valence-electron chi connectivity index (χ0n) is 55.8. The van der Waals surface area contributed by atoms with E-state index in [9.17, 15) is 89.4 Å². The molecule has 13 N–H and O–H groups in total. The van der Waals surface area contributed by atoms with Crippen LogP contribution in [0.2, 0.25) is 0 Å². The first kappa shape index (κ1) is 84.4. The average molecular weight is 1490 g/mol. The highest BCUT2D eigenvalue weighted by Crippen LogP contribution is 2.37. The lowest BCUT2D eigenvalue weighted by Crippen LogP contribution is -2.65. The number of aliphatic hydroxyl groups excluding tert-OH is 7. The summed E-state index contributed by atoms with van der Waals surface area (Å²) in [7, 11) is 1.18. The van der Waals surface area contributed by atoms with Gasteiger partial charge in [0, 0.05) is 57.3 Å². The highest BCUT2D eigenvalue weighted by molar-refractivity contribution is 7.99. The number of carboxylic acid groups (broad SMARTS) is 3. The van der Waals surface area contributed by atoms with Gasteiger partial charge < -0.3 is 129 Å². The van der Waals surface area contributed by atoms with Crippen LogP contribution < -0.4 is 16.0 Å². The molecular weight excluding hydrogens is 1390 g/mol. The molecule has 0 aromatic heterocycles. The van der Waals surface area contributed by atoms with Crippen molar-refractivity contribution in [1.29, 1.82) is 0 Å². The molecule has 42 heteroatoms. The normalized spacial score (nSPS) is 37.3. The number of thioether (sulfide) groups is 1. The van der Waals surface area contributed by atoms with E-state index in [1.165, 1.54) is 39.6 Å². The van der Waals surface area contributed by atoms with Gasteiger partial charge in [0.25, 0.3) is 0 Å². The van der Waals surface area contributed by atoms with E-state index in [1.807, 2.05) is 0 Å². The average Bonchev–Trinajstić information content (AvgIpc) is 0.796.